The van der Waals surface area contributed by atoms with Crippen molar-refractivity contribution < 1.29 is 0 Å². The Kier molecular flexibility index (Phi) is 4.42. The maximum Gasteiger partial charge on any atom is 0.135 e. The van der Waals surface area contributed by atoms with Gasteiger partial charge in [-0.15, -0.1) is 0 Å². The van der Waals surface area contributed by atoms with E-state index in [2.05, 4.69) is 46.6 Å². The van der Waals surface area contributed by atoms with Crippen molar-refractivity contribution in [1.82, 2.24) is 14.8 Å². The number of rotatable bonds is 4. The van der Waals surface area contributed by atoms with E-state index < -0.39 is 0 Å². The number of nitrogens with zero attached hydrogens (tertiary/aromatic N) is 4. The van der Waals surface area contributed by atoms with Gasteiger partial charge in [0.1, 0.15) is 11.9 Å². The van der Waals surface area contributed by atoms with E-state index in [0.717, 1.165) is 27.6 Å². The van der Waals surface area contributed by atoms with Crippen LogP contribution in [0.2, 0.25) is 0 Å². The van der Waals surface area contributed by atoms with Crippen LogP contribution in [-0.2, 0) is 0 Å². The predicted molar refractivity (Wildman–Crippen MR) is 112 cm³/mol. The summed E-state index contributed by atoms with van der Waals surface area (Å²) in [6.07, 6.45) is 5.24. The summed E-state index contributed by atoms with van der Waals surface area (Å²) in [5.41, 5.74) is 11.2. The number of hydrogen-bond donors (Lipinski definition) is 2. The van der Waals surface area contributed by atoms with Gasteiger partial charge in [-0.05, 0) is 54.1 Å². The lowest BCUT2D eigenvalue weighted by Gasteiger charge is -2.11. The molecule has 0 radical (unpaired) electrons. The van der Waals surface area contributed by atoms with E-state index in [0.29, 0.717) is 11.5 Å². The Labute approximate surface area is 163 Å². The molecule has 138 valence electrons. The van der Waals surface area contributed by atoms with Gasteiger partial charge in [-0.3, -0.25) is 4.68 Å². The van der Waals surface area contributed by atoms with E-state index in [-0.39, 0.29) is 6.04 Å². The van der Waals surface area contributed by atoms with E-state index in [4.69, 9.17) is 11.0 Å². The molecule has 3 N–H and O–H groups in total. The molecule has 0 unspecified atom stereocenters. The largest absolute Gasteiger partial charge is 0.398 e. The predicted octanol–water partition coefficient (Wildman–Crippen LogP) is 4.82. The first-order chi connectivity index (χ1) is 13.5. The zero-order chi connectivity index (χ0) is 19.7. The molecular formula is C22H20N6. The third kappa shape index (κ3) is 3.26. The van der Waals surface area contributed by atoms with Crippen LogP contribution in [0.5, 0.6) is 0 Å². The number of benzene rings is 2. The average molecular weight is 368 g/mol. The number of nitrogens with two attached hydrogens (primary N) is 1. The highest BCUT2D eigenvalue weighted by atomic mass is 15.3. The molecule has 0 amide bonds. The number of nitrogen functional groups attached to an aromatic ring is 1. The summed E-state index contributed by atoms with van der Waals surface area (Å²) < 4.78 is 1.61. The Morgan fingerprint density at radius 3 is 2.79 bits per heavy atom. The highest BCUT2D eigenvalue weighted by Crippen LogP contribution is 2.32. The van der Waals surface area contributed by atoms with Gasteiger partial charge in [-0.2, -0.15) is 10.4 Å². The van der Waals surface area contributed by atoms with Crippen LogP contribution in [0.4, 0.5) is 17.2 Å². The lowest BCUT2D eigenvalue weighted by atomic mass is 9.97. The van der Waals surface area contributed by atoms with Crippen molar-refractivity contribution in [3.63, 3.8) is 0 Å². The van der Waals surface area contributed by atoms with Crippen molar-refractivity contribution in [3.8, 4) is 17.2 Å². The lowest BCUT2D eigenvalue weighted by molar-refractivity contribution is 0.591. The monoisotopic (exact) mass is 368 g/mol. The molecule has 6 heteroatoms. The Bertz CT molecular complexity index is 1200. The summed E-state index contributed by atoms with van der Waals surface area (Å²) in [6.45, 7) is 3.88. The molecule has 28 heavy (non-hydrogen) atoms. The van der Waals surface area contributed by atoms with Crippen molar-refractivity contribution in [1.29, 1.82) is 5.26 Å². The summed E-state index contributed by atoms with van der Waals surface area (Å²) in [4.78, 5) is 4.46. The van der Waals surface area contributed by atoms with Crippen LogP contribution in [0.3, 0.4) is 0 Å². The minimum Gasteiger partial charge on any atom is -0.398 e. The van der Waals surface area contributed by atoms with Crippen molar-refractivity contribution in [3.05, 3.63) is 66.6 Å². The fourth-order valence-electron chi connectivity index (χ4n) is 3.23. The molecule has 1 atom stereocenters. The highest BCUT2D eigenvalue weighted by molar-refractivity contribution is 5.97. The van der Waals surface area contributed by atoms with Crippen molar-refractivity contribution in [2.24, 2.45) is 0 Å². The van der Waals surface area contributed by atoms with Crippen LogP contribution in [0.1, 0.15) is 18.5 Å². The Morgan fingerprint density at radius 2 is 2.00 bits per heavy atom. The fourth-order valence-corrected chi connectivity index (χ4v) is 3.23. The second-order valence-corrected chi connectivity index (χ2v) is 6.81. The number of anilines is 3. The van der Waals surface area contributed by atoms with E-state index in [1.54, 1.807) is 30.2 Å². The molecule has 0 saturated heterocycles. The number of pyridine rings is 1. The first-order valence-corrected chi connectivity index (χ1v) is 9.01. The normalized spacial score (nSPS) is 11.9. The van der Waals surface area contributed by atoms with Crippen LogP contribution in [0.25, 0.3) is 21.9 Å². The quantitative estimate of drug-likeness (QED) is 0.504. The second kappa shape index (κ2) is 7.05. The SMILES string of the molecule is Cc1ccccc1-c1cc(N)c2cnc(Nc3cnn([C@@H](C)C#N)c3)cc2c1. The number of aromatic nitrogens is 3. The first kappa shape index (κ1) is 17.6. The van der Waals surface area contributed by atoms with Gasteiger partial charge in [0.2, 0.25) is 0 Å². The minimum atomic E-state index is -0.323. The molecule has 0 aliphatic heterocycles. The number of nitrogens with one attached hydrogen (secondary N) is 1. The Hall–Kier alpha value is -3.85. The molecule has 0 spiro atoms. The number of aryl methyl sites for hydroxylation is 1. The molecule has 0 aliphatic rings. The molecule has 0 saturated carbocycles. The molecule has 2 aromatic heterocycles. The van der Waals surface area contributed by atoms with E-state index >= 15 is 0 Å². The van der Waals surface area contributed by atoms with Gasteiger partial charge in [0, 0.05) is 23.5 Å². The fraction of sp³-hybridized carbons (Fsp3) is 0.136. The maximum atomic E-state index is 9.02. The van der Waals surface area contributed by atoms with Crippen LogP contribution in [0, 0.1) is 18.3 Å². The summed E-state index contributed by atoms with van der Waals surface area (Å²) >= 11 is 0. The molecule has 6 nitrogen and oxygen atoms in total. The van der Waals surface area contributed by atoms with E-state index in [1.165, 1.54) is 5.56 Å². The molecule has 0 aliphatic carbocycles. The van der Waals surface area contributed by atoms with Crippen molar-refractivity contribution in [2.45, 2.75) is 19.9 Å². The summed E-state index contributed by atoms with van der Waals surface area (Å²) in [7, 11) is 0. The molecule has 0 fully saturated rings. The number of nitriles is 1. The summed E-state index contributed by atoms with van der Waals surface area (Å²) in [5.74, 6) is 0.693. The van der Waals surface area contributed by atoms with Gasteiger partial charge in [0.15, 0.2) is 0 Å². The molecule has 2 heterocycles. The van der Waals surface area contributed by atoms with Gasteiger partial charge < -0.3 is 11.1 Å². The maximum absolute atomic E-state index is 9.02. The highest BCUT2D eigenvalue weighted by Gasteiger charge is 2.09. The van der Waals surface area contributed by atoms with Gasteiger partial charge in [-0.25, -0.2) is 4.98 Å². The van der Waals surface area contributed by atoms with Crippen molar-refractivity contribution >= 4 is 28.0 Å². The minimum absolute atomic E-state index is 0.323. The van der Waals surface area contributed by atoms with Crippen molar-refractivity contribution in [2.75, 3.05) is 11.1 Å². The molecular weight excluding hydrogens is 348 g/mol. The standard InChI is InChI=1S/C22H20N6/c1-14-5-3-4-6-19(14)16-7-17-9-22(25-12-20(17)21(24)8-16)27-18-11-26-28(13-18)15(2)10-23/h3-9,11-13,15H,24H2,1-2H3,(H,25,27)/t15-/m0/s1. The van der Waals surface area contributed by atoms with Gasteiger partial charge >= 0.3 is 0 Å². The lowest BCUT2D eigenvalue weighted by Crippen LogP contribution is -2.02. The average Bonchev–Trinajstić information content (AvgIpc) is 3.16. The van der Waals surface area contributed by atoms with Crippen LogP contribution < -0.4 is 11.1 Å². The molecule has 2 aromatic carbocycles. The third-order valence-electron chi connectivity index (χ3n) is 4.78. The Balaban J connectivity index is 1.71. The topological polar surface area (TPSA) is 92.5 Å². The Morgan fingerprint density at radius 1 is 1.18 bits per heavy atom. The van der Waals surface area contributed by atoms with Crippen LogP contribution in [-0.4, -0.2) is 14.8 Å². The van der Waals surface area contributed by atoms with Gasteiger partial charge in [0.25, 0.3) is 0 Å². The summed E-state index contributed by atoms with van der Waals surface area (Å²) in [6, 6.07) is 16.2. The number of hydrogen-bond acceptors (Lipinski definition) is 5. The van der Waals surface area contributed by atoms with Gasteiger partial charge in [-0.1, -0.05) is 24.3 Å². The van der Waals surface area contributed by atoms with E-state index in [1.807, 2.05) is 24.3 Å². The number of fused-ring (bicyclic) bond motifs is 1. The van der Waals surface area contributed by atoms with Crippen LogP contribution >= 0.6 is 0 Å². The molecule has 0 bridgehead atoms. The zero-order valence-electron chi connectivity index (χ0n) is 15.7. The van der Waals surface area contributed by atoms with Crippen LogP contribution in [0.15, 0.2) is 61.1 Å². The van der Waals surface area contributed by atoms with Gasteiger partial charge in [0.05, 0.1) is 18.0 Å². The van der Waals surface area contributed by atoms with E-state index in [9.17, 15) is 0 Å². The molecule has 4 rings (SSSR count). The smallest absolute Gasteiger partial charge is 0.135 e. The third-order valence-corrected chi connectivity index (χ3v) is 4.78. The summed E-state index contributed by atoms with van der Waals surface area (Å²) in [5, 5.41) is 18.4. The molecule has 4 aromatic rings. The first-order valence-electron chi connectivity index (χ1n) is 9.01. The zero-order valence-corrected chi connectivity index (χ0v) is 15.7. The second-order valence-electron chi connectivity index (χ2n) is 6.81.